The SMILES string of the molecule is C=C(CCC(C)CCCCCCCC)C(N)=O. The zero-order valence-electron chi connectivity index (χ0n) is 11.6. The molecule has 0 bridgehead atoms. The van der Waals surface area contributed by atoms with Gasteiger partial charge in [-0.1, -0.05) is 65.4 Å². The van der Waals surface area contributed by atoms with Gasteiger partial charge in [-0.25, -0.2) is 0 Å². The van der Waals surface area contributed by atoms with E-state index in [2.05, 4.69) is 20.4 Å². The van der Waals surface area contributed by atoms with Gasteiger partial charge in [-0.15, -0.1) is 0 Å². The zero-order chi connectivity index (χ0) is 13.1. The minimum atomic E-state index is -0.350. The van der Waals surface area contributed by atoms with Gasteiger partial charge in [-0.05, 0) is 18.8 Å². The molecular weight excluding hydrogens is 210 g/mol. The van der Waals surface area contributed by atoms with E-state index in [0.717, 1.165) is 12.8 Å². The Hall–Kier alpha value is -0.790. The van der Waals surface area contributed by atoms with Gasteiger partial charge < -0.3 is 5.73 Å². The second-order valence-electron chi connectivity index (χ2n) is 5.17. The van der Waals surface area contributed by atoms with Gasteiger partial charge in [0.15, 0.2) is 0 Å². The summed E-state index contributed by atoms with van der Waals surface area (Å²) < 4.78 is 0. The average molecular weight is 239 g/mol. The molecule has 0 heterocycles. The Labute approximate surface area is 107 Å². The number of nitrogens with two attached hydrogens (primary N) is 1. The molecule has 0 fully saturated rings. The molecule has 2 N–H and O–H groups in total. The van der Waals surface area contributed by atoms with Gasteiger partial charge in [0.2, 0.25) is 5.91 Å². The van der Waals surface area contributed by atoms with Crippen LogP contribution in [0.4, 0.5) is 0 Å². The summed E-state index contributed by atoms with van der Waals surface area (Å²) in [6.07, 6.45) is 11.1. The standard InChI is InChI=1S/C15H29NO/c1-4-5-6-7-8-9-10-13(2)11-12-14(3)15(16)17/h13H,3-12H2,1-2H3,(H2,16,17). The summed E-state index contributed by atoms with van der Waals surface area (Å²) in [7, 11) is 0. The minimum absolute atomic E-state index is 0.350. The van der Waals surface area contributed by atoms with Crippen molar-refractivity contribution in [2.75, 3.05) is 0 Å². The van der Waals surface area contributed by atoms with Gasteiger partial charge in [-0.2, -0.15) is 0 Å². The van der Waals surface area contributed by atoms with Gasteiger partial charge in [0.05, 0.1) is 0 Å². The number of unbranched alkanes of at least 4 members (excludes halogenated alkanes) is 5. The van der Waals surface area contributed by atoms with Gasteiger partial charge in [0, 0.05) is 5.57 Å². The Morgan fingerprint density at radius 1 is 1.12 bits per heavy atom. The van der Waals surface area contributed by atoms with E-state index in [4.69, 9.17) is 5.73 Å². The van der Waals surface area contributed by atoms with Crippen molar-refractivity contribution in [1.29, 1.82) is 0 Å². The number of primary amides is 1. The van der Waals surface area contributed by atoms with E-state index >= 15 is 0 Å². The highest BCUT2D eigenvalue weighted by Gasteiger charge is 2.06. The van der Waals surface area contributed by atoms with E-state index in [0.29, 0.717) is 11.5 Å². The quantitative estimate of drug-likeness (QED) is 0.426. The molecule has 0 saturated heterocycles. The molecule has 0 aromatic rings. The predicted molar refractivity (Wildman–Crippen MR) is 74.7 cm³/mol. The first-order valence-electron chi connectivity index (χ1n) is 7.05. The molecule has 0 rings (SSSR count). The Kier molecular flexibility index (Phi) is 9.89. The third-order valence-corrected chi connectivity index (χ3v) is 3.34. The van der Waals surface area contributed by atoms with E-state index in [-0.39, 0.29) is 5.91 Å². The molecule has 0 aliphatic rings. The number of rotatable bonds is 11. The van der Waals surface area contributed by atoms with Crippen molar-refractivity contribution in [3.8, 4) is 0 Å². The molecule has 1 atom stereocenters. The van der Waals surface area contributed by atoms with Crippen molar-refractivity contribution < 1.29 is 4.79 Å². The lowest BCUT2D eigenvalue weighted by Crippen LogP contribution is -2.13. The topological polar surface area (TPSA) is 43.1 Å². The lowest BCUT2D eigenvalue weighted by molar-refractivity contribution is -0.114. The van der Waals surface area contributed by atoms with Crippen LogP contribution in [-0.2, 0) is 4.79 Å². The fraction of sp³-hybridized carbons (Fsp3) is 0.800. The lowest BCUT2D eigenvalue weighted by atomic mass is 9.95. The monoisotopic (exact) mass is 239 g/mol. The summed E-state index contributed by atoms with van der Waals surface area (Å²) in [6.45, 7) is 8.18. The maximum Gasteiger partial charge on any atom is 0.244 e. The van der Waals surface area contributed by atoms with Crippen molar-refractivity contribution in [1.82, 2.24) is 0 Å². The first-order valence-corrected chi connectivity index (χ1v) is 7.05. The van der Waals surface area contributed by atoms with Crippen molar-refractivity contribution in [2.24, 2.45) is 11.7 Å². The van der Waals surface area contributed by atoms with E-state index in [1.165, 1.54) is 44.9 Å². The fourth-order valence-electron chi connectivity index (χ4n) is 1.96. The predicted octanol–water partition coefficient (Wildman–Crippen LogP) is 4.19. The third kappa shape index (κ3) is 10.1. The highest BCUT2D eigenvalue weighted by atomic mass is 16.1. The Morgan fingerprint density at radius 2 is 1.71 bits per heavy atom. The summed E-state index contributed by atoms with van der Waals surface area (Å²) in [5.41, 5.74) is 5.72. The van der Waals surface area contributed by atoms with Crippen molar-refractivity contribution >= 4 is 5.91 Å². The normalized spacial score (nSPS) is 12.4. The van der Waals surface area contributed by atoms with E-state index in [1.54, 1.807) is 0 Å². The summed E-state index contributed by atoms with van der Waals surface area (Å²) >= 11 is 0. The highest BCUT2D eigenvalue weighted by molar-refractivity contribution is 5.91. The number of hydrogen-bond donors (Lipinski definition) is 1. The molecule has 0 aromatic carbocycles. The number of carbonyl (C=O) groups is 1. The molecule has 0 spiro atoms. The molecule has 0 aliphatic heterocycles. The Bertz CT molecular complexity index is 223. The van der Waals surface area contributed by atoms with E-state index in [9.17, 15) is 4.79 Å². The van der Waals surface area contributed by atoms with Crippen LogP contribution < -0.4 is 5.73 Å². The molecule has 0 saturated carbocycles. The molecule has 0 radical (unpaired) electrons. The van der Waals surface area contributed by atoms with Crippen LogP contribution in [0.5, 0.6) is 0 Å². The summed E-state index contributed by atoms with van der Waals surface area (Å²) in [5, 5.41) is 0. The molecule has 2 nitrogen and oxygen atoms in total. The summed E-state index contributed by atoms with van der Waals surface area (Å²) in [5.74, 6) is 0.328. The maximum absolute atomic E-state index is 10.8. The number of hydrogen-bond acceptors (Lipinski definition) is 1. The third-order valence-electron chi connectivity index (χ3n) is 3.34. The van der Waals surface area contributed by atoms with Crippen LogP contribution in [0.1, 0.15) is 71.6 Å². The fourth-order valence-corrected chi connectivity index (χ4v) is 1.96. The number of carbonyl (C=O) groups excluding carboxylic acids is 1. The molecule has 2 heteroatoms. The highest BCUT2D eigenvalue weighted by Crippen LogP contribution is 2.18. The Morgan fingerprint density at radius 3 is 2.29 bits per heavy atom. The van der Waals surface area contributed by atoms with Crippen molar-refractivity contribution in [3.05, 3.63) is 12.2 Å². The molecule has 1 amide bonds. The smallest absolute Gasteiger partial charge is 0.244 e. The maximum atomic E-state index is 10.8. The van der Waals surface area contributed by atoms with Gasteiger partial charge >= 0.3 is 0 Å². The van der Waals surface area contributed by atoms with Crippen molar-refractivity contribution in [2.45, 2.75) is 71.6 Å². The van der Waals surface area contributed by atoms with Crippen LogP contribution in [0.25, 0.3) is 0 Å². The minimum Gasteiger partial charge on any atom is -0.366 e. The molecule has 1 unspecified atom stereocenters. The Balaban J connectivity index is 3.37. The molecule has 0 aliphatic carbocycles. The molecular formula is C15H29NO. The van der Waals surface area contributed by atoms with Crippen LogP contribution in [0.3, 0.4) is 0 Å². The molecule has 0 aromatic heterocycles. The van der Waals surface area contributed by atoms with Crippen LogP contribution in [0.15, 0.2) is 12.2 Å². The zero-order valence-corrected chi connectivity index (χ0v) is 11.6. The van der Waals surface area contributed by atoms with Crippen molar-refractivity contribution in [3.63, 3.8) is 0 Å². The average Bonchev–Trinajstić information content (AvgIpc) is 2.30. The molecule has 100 valence electrons. The van der Waals surface area contributed by atoms with Gasteiger partial charge in [-0.3, -0.25) is 4.79 Å². The van der Waals surface area contributed by atoms with Crippen LogP contribution in [0, 0.1) is 5.92 Å². The first kappa shape index (κ1) is 16.2. The van der Waals surface area contributed by atoms with Crippen LogP contribution in [0.2, 0.25) is 0 Å². The van der Waals surface area contributed by atoms with Gasteiger partial charge in [0.1, 0.15) is 0 Å². The largest absolute Gasteiger partial charge is 0.366 e. The molecule has 17 heavy (non-hydrogen) atoms. The van der Waals surface area contributed by atoms with Gasteiger partial charge in [0.25, 0.3) is 0 Å². The second kappa shape index (κ2) is 10.4. The van der Waals surface area contributed by atoms with Crippen LogP contribution in [-0.4, -0.2) is 5.91 Å². The van der Waals surface area contributed by atoms with E-state index in [1.807, 2.05) is 0 Å². The van der Waals surface area contributed by atoms with E-state index < -0.39 is 0 Å². The summed E-state index contributed by atoms with van der Waals surface area (Å²) in [6, 6.07) is 0. The number of amides is 1. The second-order valence-corrected chi connectivity index (χ2v) is 5.17. The lowest BCUT2D eigenvalue weighted by Gasteiger charge is -2.11. The summed E-state index contributed by atoms with van der Waals surface area (Å²) in [4.78, 5) is 10.8. The first-order chi connectivity index (χ1) is 8.07. The van der Waals surface area contributed by atoms with Crippen LogP contribution >= 0.6 is 0 Å².